The maximum Gasteiger partial charge on any atom is 0.305 e. The van der Waals surface area contributed by atoms with Gasteiger partial charge in [0.05, 0.1) is 19.0 Å². The van der Waals surface area contributed by atoms with E-state index in [2.05, 4.69) is 5.32 Å². The van der Waals surface area contributed by atoms with Crippen molar-refractivity contribution in [2.45, 2.75) is 25.9 Å². The Kier molecular flexibility index (Phi) is 4.45. The van der Waals surface area contributed by atoms with Crippen LogP contribution in [0.25, 0.3) is 0 Å². The average molecular weight is 242 g/mol. The summed E-state index contributed by atoms with van der Waals surface area (Å²) < 4.78 is 0. The molecule has 1 amide bonds. The van der Waals surface area contributed by atoms with Crippen LogP contribution in [0.2, 0.25) is 0 Å². The first-order valence-corrected chi connectivity index (χ1v) is 5.66. The molecular weight excluding hydrogens is 228 g/mol. The lowest BCUT2D eigenvalue weighted by Crippen LogP contribution is -2.41. The monoisotopic (exact) mass is 242 g/mol. The normalized spacial score (nSPS) is 12.1. The zero-order valence-electron chi connectivity index (χ0n) is 8.90. The van der Waals surface area contributed by atoms with Gasteiger partial charge >= 0.3 is 5.97 Å². The highest BCUT2D eigenvalue weighted by Gasteiger charge is 2.16. The van der Waals surface area contributed by atoms with E-state index in [0.29, 0.717) is 6.54 Å². The fourth-order valence-corrected chi connectivity index (χ4v) is 2.01. The topological polar surface area (TPSA) is 92.4 Å². The van der Waals surface area contributed by atoms with E-state index in [0.717, 1.165) is 10.4 Å². The number of hydrogen-bond donors (Lipinski definition) is 3. The lowest BCUT2D eigenvalue weighted by molar-refractivity contribution is -0.139. The molecule has 0 aliphatic carbocycles. The molecule has 0 saturated carbocycles. The Hall–Kier alpha value is -1.40. The summed E-state index contributed by atoms with van der Waals surface area (Å²) >= 11 is 1.55. The van der Waals surface area contributed by atoms with Crippen LogP contribution < -0.4 is 11.1 Å². The summed E-state index contributed by atoms with van der Waals surface area (Å²) in [6, 6.07) is 0.973. The van der Waals surface area contributed by atoms with Crippen LogP contribution in [-0.2, 0) is 16.1 Å². The summed E-state index contributed by atoms with van der Waals surface area (Å²) in [5.41, 5.74) is 6.51. The minimum absolute atomic E-state index is 0.352. The minimum Gasteiger partial charge on any atom is -0.481 e. The van der Waals surface area contributed by atoms with Gasteiger partial charge in [0.1, 0.15) is 0 Å². The third kappa shape index (κ3) is 3.63. The molecular formula is C10H14N2O3S. The van der Waals surface area contributed by atoms with Crippen LogP contribution >= 0.6 is 11.3 Å². The van der Waals surface area contributed by atoms with Crippen molar-refractivity contribution in [3.05, 3.63) is 21.9 Å². The van der Waals surface area contributed by atoms with Crippen molar-refractivity contribution in [3.8, 4) is 0 Å². The molecule has 1 rings (SSSR count). The van der Waals surface area contributed by atoms with Gasteiger partial charge in [0, 0.05) is 4.88 Å². The zero-order chi connectivity index (χ0) is 12.1. The van der Waals surface area contributed by atoms with E-state index in [1.54, 1.807) is 11.3 Å². The zero-order valence-corrected chi connectivity index (χ0v) is 9.71. The third-order valence-corrected chi connectivity index (χ3v) is 3.15. The Balaban J connectivity index is 2.41. The number of carboxylic acid groups (broad SMARTS) is 1. The predicted molar refractivity (Wildman–Crippen MR) is 61.1 cm³/mol. The number of carbonyl (C=O) groups excluding carboxylic acids is 1. The van der Waals surface area contributed by atoms with Crippen molar-refractivity contribution in [3.63, 3.8) is 0 Å². The van der Waals surface area contributed by atoms with Gasteiger partial charge in [-0.3, -0.25) is 9.59 Å². The summed E-state index contributed by atoms with van der Waals surface area (Å²) in [4.78, 5) is 22.8. The quantitative estimate of drug-likeness (QED) is 0.700. The number of aliphatic carboxylic acids is 1. The first-order chi connectivity index (χ1) is 7.50. The van der Waals surface area contributed by atoms with Gasteiger partial charge in [-0.05, 0) is 23.9 Å². The van der Waals surface area contributed by atoms with Crippen LogP contribution in [0, 0.1) is 6.92 Å². The number of carboxylic acids is 1. The van der Waals surface area contributed by atoms with Crippen LogP contribution in [0.5, 0.6) is 0 Å². The molecule has 0 spiro atoms. The first-order valence-electron chi connectivity index (χ1n) is 4.78. The smallest absolute Gasteiger partial charge is 0.305 e. The second-order valence-corrected chi connectivity index (χ2v) is 4.45. The maximum absolute atomic E-state index is 11.4. The van der Waals surface area contributed by atoms with E-state index in [1.807, 2.05) is 18.4 Å². The van der Waals surface area contributed by atoms with E-state index in [4.69, 9.17) is 10.8 Å². The van der Waals surface area contributed by atoms with Crippen molar-refractivity contribution < 1.29 is 14.7 Å². The maximum atomic E-state index is 11.4. The lowest BCUT2D eigenvalue weighted by atomic mass is 10.2. The highest BCUT2D eigenvalue weighted by Crippen LogP contribution is 2.14. The molecule has 1 heterocycles. The Morgan fingerprint density at radius 1 is 1.62 bits per heavy atom. The highest BCUT2D eigenvalue weighted by molar-refractivity contribution is 7.10. The molecule has 1 aromatic rings. The van der Waals surface area contributed by atoms with E-state index in [-0.39, 0.29) is 6.42 Å². The Morgan fingerprint density at radius 3 is 2.81 bits per heavy atom. The molecule has 0 saturated heterocycles. The number of nitrogens with two attached hydrogens (primary N) is 1. The molecule has 6 heteroatoms. The minimum atomic E-state index is -1.07. The van der Waals surface area contributed by atoms with Gasteiger partial charge < -0.3 is 16.2 Å². The summed E-state index contributed by atoms with van der Waals surface area (Å²) in [7, 11) is 0. The number of aryl methyl sites for hydroxylation is 1. The molecule has 1 unspecified atom stereocenters. The molecule has 0 radical (unpaired) electrons. The van der Waals surface area contributed by atoms with Crippen molar-refractivity contribution in [1.82, 2.24) is 5.32 Å². The molecule has 0 bridgehead atoms. The Bertz CT molecular complexity index is 389. The molecule has 5 nitrogen and oxygen atoms in total. The SMILES string of the molecule is Cc1ccsc1CNC(=O)C(N)CC(=O)O. The molecule has 1 aromatic heterocycles. The number of nitrogens with one attached hydrogen (secondary N) is 1. The predicted octanol–water partition coefficient (Wildman–Crippen LogP) is 0.475. The van der Waals surface area contributed by atoms with Crippen molar-refractivity contribution in [1.29, 1.82) is 0 Å². The standard InChI is InChI=1S/C10H14N2O3S/c1-6-2-3-16-8(6)5-12-10(15)7(11)4-9(13)14/h2-3,7H,4-5,11H2,1H3,(H,12,15)(H,13,14). The molecule has 0 fully saturated rings. The van der Waals surface area contributed by atoms with Crippen molar-refractivity contribution >= 4 is 23.2 Å². The number of carbonyl (C=O) groups is 2. The lowest BCUT2D eigenvalue weighted by Gasteiger charge is -2.09. The molecule has 4 N–H and O–H groups in total. The number of thiophene rings is 1. The van der Waals surface area contributed by atoms with Gasteiger partial charge in [-0.2, -0.15) is 0 Å². The van der Waals surface area contributed by atoms with E-state index in [9.17, 15) is 9.59 Å². The number of hydrogen-bond acceptors (Lipinski definition) is 4. The highest BCUT2D eigenvalue weighted by atomic mass is 32.1. The molecule has 1 atom stereocenters. The third-order valence-electron chi connectivity index (χ3n) is 2.12. The van der Waals surface area contributed by atoms with Gasteiger partial charge in [0.2, 0.25) is 5.91 Å². The summed E-state index contributed by atoms with van der Waals surface area (Å²) in [5, 5.41) is 13.0. The van der Waals surface area contributed by atoms with Crippen LogP contribution in [0.1, 0.15) is 16.9 Å². The van der Waals surface area contributed by atoms with Crippen LogP contribution in [-0.4, -0.2) is 23.0 Å². The first kappa shape index (κ1) is 12.7. The van der Waals surface area contributed by atoms with Crippen LogP contribution in [0.3, 0.4) is 0 Å². The Morgan fingerprint density at radius 2 is 2.31 bits per heavy atom. The van der Waals surface area contributed by atoms with E-state index < -0.39 is 17.9 Å². The van der Waals surface area contributed by atoms with Gasteiger partial charge in [0.25, 0.3) is 0 Å². The van der Waals surface area contributed by atoms with Gasteiger partial charge in [-0.1, -0.05) is 0 Å². The molecule has 0 aromatic carbocycles. The number of rotatable bonds is 5. The van der Waals surface area contributed by atoms with Crippen molar-refractivity contribution in [2.75, 3.05) is 0 Å². The van der Waals surface area contributed by atoms with Gasteiger partial charge in [-0.15, -0.1) is 11.3 Å². The van der Waals surface area contributed by atoms with E-state index >= 15 is 0 Å². The fraction of sp³-hybridized carbons (Fsp3) is 0.400. The fourth-order valence-electron chi connectivity index (χ4n) is 1.16. The second-order valence-electron chi connectivity index (χ2n) is 3.45. The summed E-state index contributed by atoms with van der Waals surface area (Å²) in [5.74, 6) is -1.51. The van der Waals surface area contributed by atoms with Crippen molar-refractivity contribution in [2.24, 2.45) is 5.73 Å². The van der Waals surface area contributed by atoms with E-state index in [1.165, 1.54) is 0 Å². The van der Waals surface area contributed by atoms with Crippen LogP contribution in [0.15, 0.2) is 11.4 Å². The largest absolute Gasteiger partial charge is 0.481 e. The number of amides is 1. The summed E-state index contributed by atoms with van der Waals surface area (Å²) in [6.07, 6.45) is -0.352. The second kappa shape index (κ2) is 5.62. The average Bonchev–Trinajstić information content (AvgIpc) is 2.59. The van der Waals surface area contributed by atoms with Gasteiger partial charge in [-0.25, -0.2) is 0 Å². The molecule has 88 valence electrons. The molecule has 0 aliphatic heterocycles. The molecule has 16 heavy (non-hydrogen) atoms. The summed E-state index contributed by atoms with van der Waals surface area (Å²) in [6.45, 7) is 2.35. The van der Waals surface area contributed by atoms with Gasteiger partial charge in [0.15, 0.2) is 0 Å². The molecule has 0 aliphatic rings. The Labute approximate surface area is 97.3 Å². The van der Waals surface area contributed by atoms with Crippen LogP contribution in [0.4, 0.5) is 0 Å².